The molecule has 7 rings (SSSR count). The molecule has 2 saturated carbocycles. The zero-order valence-corrected chi connectivity index (χ0v) is 22.3. The van der Waals surface area contributed by atoms with E-state index in [0.717, 1.165) is 39.1 Å². The fourth-order valence-corrected chi connectivity index (χ4v) is 8.23. The van der Waals surface area contributed by atoms with Crippen LogP contribution in [-0.4, -0.2) is 18.7 Å². The molecule has 3 aliphatic rings. The highest BCUT2D eigenvalue weighted by atomic mass is 16.5. The number of ketones is 2. The van der Waals surface area contributed by atoms with Crippen molar-refractivity contribution in [3.8, 4) is 5.75 Å². The quantitative estimate of drug-likeness (QED) is 0.290. The molecule has 0 aromatic heterocycles. The van der Waals surface area contributed by atoms with Crippen molar-refractivity contribution in [2.24, 2.45) is 22.7 Å². The molecule has 3 nitrogen and oxygen atoms in total. The van der Waals surface area contributed by atoms with E-state index in [1.54, 1.807) is 7.11 Å². The lowest BCUT2D eigenvalue weighted by Gasteiger charge is -2.53. The van der Waals surface area contributed by atoms with Crippen molar-refractivity contribution in [2.75, 3.05) is 7.11 Å². The molecule has 4 aromatic carbocycles. The largest absolute Gasteiger partial charge is 0.497 e. The van der Waals surface area contributed by atoms with Crippen LogP contribution in [0.15, 0.2) is 115 Å². The van der Waals surface area contributed by atoms with Gasteiger partial charge in [-0.15, -0.1) is 0 Å². The first-order chi connectivity index (χ1) is 18.9. The number of fused-ring (bicyclic) bond motifs is 2. The molecule has 4 aromatic rings. The minimum absolute atomic E-state index is 0.155. The van der Waals surface area contributed by atoms with Gasteiger partial charge in [0.2, 0.25) is 0 Å². The van der Waals surface area contributed by atoms with E-state index in [2.05, 4.69) is 36.4 Å². The maximum Gasteiger partial charge on any atom is 0.152 e. The second-order valence-corrected chi connectivity index (χ2v) is 11.4. The van der Waals surface area contributed by atoms with Gasteiger partial charge in [-0.25, -0.2) is 0 Å². The molecule has 3 aliphatic carbocycles. The van der Waals surface area contributed by atoms with Crippen molar-refractivity contribution in [3.05, 3.63) is 138 Å². The number of hydrogen-bond acceptors (Lipinski definition) is 3. The predicted molar refractivity (Wildman–Crippen MR) is 153 cm³/mol. The van der Waals surface area contributed by atoms with Crippen molar-refractivity contribution in [1.29, 1.82) is 0 Å². The van der Waals surface area contributed by atoms with Crippen LogP contribution in [-0.2, 0) is 15.0 Å². The van der Waals surface area contributed by atoms with Crippen LogP contribution in [0.25, 0.3) is 11.1 Å². The number of benzene rings is 4. The van der Waals surface area contributed by atoms with Gasteiger partial charge in [-0.05, 0) is 52.5 Å². The minimum atomic E-state index is -0.905. The van der Waals surface area contributed by atoms with E-state index in [1.165, 1.54) is 0 Å². The molecule has 0 aliphatic heterocycles. The van der Waals surface area contributed by atoms with Gasteiger partial charge in [0.05, 0.1) is 23.9 Å². The highest BCUT2D eigenvalue weighted by molar-refractivity contribution is 6.28. The summed E-state index contributed by atoms with van der Waals surface area (Å²) in [5.74, 6) is 0.146. The fraction of sp³-hybridized carbons (Fsp3) is 0.222. The lowest BCUT2D eigenvalue weighted by molar-refractivity contribution is -0.144. The Labute approximate surface area is 229 Å². The van der Waals surface area contributed by atoms with Crippen LogP contribution in [0.3, 0.4) is 0 Å². The van der Waals surface area contributed by atoms with Crippen LogP contribution >= 0.6 is 0 Å². The van der Waals surface area contributed by atoms with Crippen LogP contribution in [0.5, 0.6) is 5.75 Å². The van der Waals surface area contributed by atoms with Crippen molar-refractivity contribution in [1.82, 2.24) is 0 Å². The molecule has 0 bridgehead atoms. The molecule has 0 saturated heterocycles. The molecular formula is C36H30O3. The van der Waals surface area contributed by atoms with Gasteiger partial charge in [0.25, 0.3) is 0 Å². The number of carbonyl (C=O) groups excluding carboxylic acids is 2. The molecule has 0 radical (unpaired) electrons. The lowest BCUT2D eigenvalue weighted by atomic mass is 9.46. The van der Waals surface area contributed by atoms with E-state index in [-0.39, 0.29) is 11.6 Å². The molecular weight excluding hydrogens is 480 g/mol. The van der Waals surface area contributed by atoms with Crippen molar-refractivity contribution in [3.63, 3.8) is 0 Å². The van der Waals surface area contributed by atoms with Crippen LogP contribution in [0.2, 0.25) is 0 Å². The highest BCUT2D eigenvalue weighted by Crippen LogP contribution is 2.82. The van der Waals surface area contributed by atoms with Gasteiger partial charge in [0.15, 0.2) is 5.78 Å². The SMILES string of the molecule is COc1ccc([C@]2(c3ccccc3)[C@H]3C(=O)C4C(c5ccccc5)=C(c5ccccc5)[C@]4(C)C(=O)[C@]32C)cc1. The van der Waals surface area contributed by atoms with Crippen LogP contribution in [0, 0.1) is 22.7 Å². The van der Waals surface area contributed by atoms with Crippen molar-refractivity contribution < 1.29 is 14.3 Å². The van der Waals surface area contributed by atoms with E-state index < -0.39 is 28.1 Å². The Bertz CT molecular complexity index is 1640. The number of Topliss-reactive ketones (excluding diaryl/α,β-unsaturated/α-hetero) is 2. The summed E-state index contributed by atoms with van der Waals surface area (Å²) >= 11 is 0. The molecule has 39 heavy (non-hydrogen) atoms. The summed E-state index contributed by atoms with van der Waals surface area (Å²) in [5.41, 5.74) is 3.49. The number of carbonyl (C=O) groups is 2. The topological polar surface area (TPSA) is 43.4 Å². The summed E-state index contributed by atoms with van der Waals surface area (Å²) < 4.78 is 5.44. The zero-order valence-electron chi connectivity index (χ0n) is 22.3. The molecule has 0 N–H and O–H groups in total. The van der Waals surface area contributed by atoms with Gasteiger partial charge in [0, 0.05) is 11.3 Å². The normalized spacial score (nSPS) is 30.7. The third kappa shape index (κ3) is 2.78. The Hall–Kier alpha value is -4.24. The fourth-order valence-electron chi connectivity index (χ4n) is 8.23. The van der Waals surface area contributed by atoms with Crippen LogP contribution in [0.4, 0.5) is 0 Å². The maximum absolute atomic E-state index is 15.1. The Morgan fingerprint density at radius 3 is 1.72 bits per heavy atom. The zero-order chi connectivity index (χ0) is 27.0. The minimum Gasteiger partial charge on any atom is -0.497 e. The van der Waals surface area contributed by atoms with Gasteiger partial charge in [-0.1, -0.05) is 110 Å². The van der Waals surface area contributed by atoms with E-state index >= 15 is 4.79 Å². The van der Waals surface area contributed by atoms with Gasteiger partial charge in [0.1, 0.15) is 11.5 Å². The highest BCUT2D eigenvalue weighted by Gasteiger charge is 2.88. The standard InChI is InChI=1S/C36H30O3/c1-34-29(24-15-9-5-10-16-24)28(23-13-7-4-8-14-23)30(34)31(37)32-35(2,33(34)38)36(32,25-17-11-6-12-18-25)26-19-21-27(39-3)22-20-26/h4-22,30,32H,1-3H3/t30?,32-,34-,35-,36+/m0/s1. The van der Waals surface area contributed by atoms with E-state index in [0.29, 0.717) is 0 Å². The average Bonchev–Trinajstić information content (AvgIpc) is 3.58. The van der Waals surface area contributed by atoms with Crippen LogP contribution in [0.1, 0.15) is 36.1 Å². The lowest BCUT2D eigenvalue weighted by Crippen LogP contribution is -2.56. The Balaban J connectivity index is 1.48. The first kappa shape index (κ1) is 23.8. The van der Waals surface area contributed by atoms with Crippen molar-refractivity contribution in [2.45, 2.75) is 19.3 Å². The Morgan fingerprint density at radius 2 is 1.15 bits per heavy atom. The number of ether oxygens (including phenoxy) is 1. The summed E-state index contributed by atoms with van der Waals surface area (Å²) in [7, 11) is 1.65. The Kier molecular flexibility index (Phi) is 4.97. The Morgan fingerprint density at radius 1 is 0.641 bits per heavy atom. The number of rotatable bonds is 5. The summed E-state index contributed by atoms with van der Waals surface area (Å²) in [6, 6.07) is 38.3. The molecule has 1 unspecified atom stereocenters. The molecule has 5 atom stereocenters. The van der Waals surface area contributed by atoms with E-state index in [1.807, 2.05) is 92.7 Å². The van der Waals surface area contributed by atoms with Gasteiger partial charge < -0.3 is 4.74 Å². The first-order valence-electron chi connectivity index (χ1n) is 13.6. The van der Waals surface area contributed by atoms with Gasteiger partial charge in [-0.3, -0.25) is 9.59 Å². The van der Waals surface area contributed by atoms with Gasteiger partial charge >= 0.3 is 0 Å². The van der Waals surface area contributed by atoms with Crippen molar-refractivity contribution >= 4 is 22.7 Å². The third-order valence-electron chi connectivity index (χ3n) is 9.84. The molecule has 0 amide bonds. The van der Waals surface area contributed by atoms with E-state index in [4.69, 9.17) is 4.74 Å². The van der Waals surface area contributed by atoms with Gasteiger partial charge in [-0.2, -0.15) is 0 Å². The molecule has 2 fully saturated rings. The van der Waals surface area contributed by atoms with Crippen LogP contribution < -0.4 is 4.74 Å². The molecule has 0 heterocycles. The monoisotopic (exact) mass is 510 g/mol. The summed E-state index contributed by atoms with van der Waals surface area (Å²) in [6.45, 7) is 4.04. The number of hydrogen-bond donors (Lipinski definition) is 0. The number of allylic oxidation sites excluding steroid dienone is 2. The number of methoxy groups -OCH3 is 1. The third-order valence-corrected chi connectivity index (χ3v) is 9.84. The predicted octanol–water partition coefficient (Wildman–Crippen LogP) is 7.02. The second-order valence-electron chi connectivity index (χ2n) is 11.4. The van der Waals surface area contributed by atoms with E-state index in [9.17, 15) is 4.79 Å². The first-order valence-corrected chi connectivity index (χ1v) is 13.6. The molecule has 3 heteroatoms. The molecule has 0 spiro atoms. The maximum atomic E-state index is 15.1. The second kappa shape index (κ2) is 8.13. The summed E-state index contributed by atoms with van der Waals surface area (Å²) in [5, 5.41) is 0. The smallest absolute Gasteiger partial charge is 0.152 e. The average molecular weight is 511 g/mol. The summed E-state index contributed by atoms with van der Waals surface area (Å²) in [4.78, 5) is 29.9. The summed E-state index contributed by atoms with van der Waals surface area (Å²) in [6.07, 6.45) is 0. The molecule has 192 valence electrons.